The lowest BCUT2D eigenvalue weighted by Crippen LogP contribution is -2.29. The summed E-state index contributed by atoms with van der Waals surface area (Å²) in [6.45, 7) is 9.52. The van der Waals surface area contributed by atoms with Crippen LogP contribution in [-0.2, 0) is 0 Å². The Morgan fingerprint density at radius 3 is 2.26 bits per heavy atom. The van der Waals surface area contributed by atoms with Crippen molar-refractivity contribution < 1.29 is 19.3 Å². The van der Waals surface area contributed by atoms with E-state index >= 15 is 0 Å². The summed E-state index contributed by atoms with van der Waals surface area (Å²) in [6.07, 6.45) is -0.765. The fourth-order valence-corrected chi connectivity index (χ4v) is 1.54. The van der Waals surface area contributed by atoms with Crippen molar-refractivity contribution in [2.24, 2.45) is 5.41 Å². The lowest BCUT2D eigenvalue weighted by molar-refractivity contribution is 0.0627. The number of hydrogen-bond donors (Lipinski definition) is 1. The third-order valence-electron chi connectivity index (χ3n) is 2.74. The number of methoxy groups -OCH3 is 2. The highest BCUT2D eigenvalue weighted by atomic mass is 16.5. The molecule has 4 heteroatoms. The number of benzene rings is 1. The first-order valence-corrected chi connectivity index (χ1v) is 6.06. The Bertz CT molecular complexity index is 446. The van der Waals surface area contributed by atoms with Gasteiger partial charge in [-0.05, 0) is 17.5 Å². The fraction of sp³-hybridized carbons (Fsp3) is 0.467. The molecular weight excluding hydrogens is 244 g/mol. The van der Waals surface area contributed by atoms with Crippen LogP contribution in [0.4, 0.5) is 0 Å². The molecule has 0 fully saturated rings. The molecule has 0 spiro atoms. The van der Waals surface area contributed by atoms with Gasteiger partial charge in [0.05, 0.1) is 14.2 Å². The highest BCUT2D eigenvalue weighted by Gasteiger charge is 2.26. The molecule has 0 amide bonds. The van der Waals surface area contributed by atoms with Gasteiger partial charge in [-0.15, -0.1) is 0 Å². The molecule has 0 bridgehead atoms. The lowest BCUT2D eigenvalue weighted by atomic mass is 9.88. The van der Waals surface area contributed by atoms with Gasteiger partial charge in [-0.1, -0.05) is 27.4 Å². The molecule has 1 aromatic rings. The Morgan fingerprint density at radius 2 is 1.79 bits per heavy atom. The molecule has 0 aliphatic carbocycles. The third-order valence-corrected chi connectivity index (χ3v) is 2.74. The van der Waals surface area contributed by atoms with E-state index in [9.17, 15) is 5.11 Å². The summed E-state index contributed by atoms with van der Waals surface area (Å²) in [4.78, 5) is 0. The third kappa shape index (κ3) is 3.89. The molecule has 1 unspecified atom stereocenters. The molecule has 1 rings (SSSR count). The van der Waals surface area contributed by atoms with Gasteiger partial charge in [0.15, 0.2) is 11.5 Å². The van der Waals surface area contributed by atoms with Crippen molar-refractivity contribution in [3.63, 3.8) is 0 Å². The minimum atomic E-state index is -0.765. The van der Waals surface area contributed by atoms with Crippen molar-refractivity contribution in [2.45, 2.75) is 26.9 Å². The summed E-state index contributed by atoms with van der Waals surface area (Å²) in [7, 11) is 3.13. The molecule has 0 aliphatic heterocycles. The van der Waals surface area contributed by atoms with E-state index in [0.717, 1.165) is 0 Å². The first-order valence-electron chi connectivity index (χ1n) is 6.06. The zero-order valence-electron chi connectivity index (χ0n) is 12.2. The van der Waals surface area contributed by atoms with Crippen LogP contribution in [0.3, 0.4) is 0 Å². The molecule has 0 radical (unpaired) electrons. The van der Waals surface area contributed by atoms with E-state index in [2.05, 4.69) is 6.58 Å². The Balaban J connectivity index is 2.91. The van der Waals surface area contributed by atoms with E-state index in [0.29, 0.717) is 17.2 Å². The smallest absolute Gasteiger partial charge is 0.169 e. The maximum atomic E-state index is 10.1. The minimum absolute atomic E-state index is 0.288. The van der Waals surface area contributed by atoms with Crippen LogP contribution in [0.25, 0.3) is 0 Å². The molecule has 4 nitrogen and oxygen atoms in total. The summed E-state index contributed by atoms with van der Waals surface area (Å²) < 4.78 is 15.9. The maximum absolute atomic E-state index is 10.1. The molecule has 19 heavy (non-hydrogen) atoms. The van der Waals surface area contributed by atoms with Crippen LogP contribution < -0.4 is 14.2 Å². The van der Waals surface area contributed by atoms with Gasteiger partial charge in [0.25, 0.3) is 0 Å². The van der Waals surface area contributed by atoms with Gasteiger partial charge in [0.1, 0.15) is 17.6 Å². The van der Waals surface area contributed by atoms with Gasteiger partial charge in [-0.2, -0.15) is 0 Å². The first kappa shape index (κ1) is 15.4. The molecule has 0 aromatic heterocycles. The van der Waals surface area contributed by atoms with Crippen LogP contribution in [0.5, 0.6) is 17.2 Å². The highest BCUT2D eigenvalue weighted by molar-refractivity contribution is 5.46. The van der Waals surface area contributed by atoms with Crippen molar-refractivity contribution in [3.8, 4) is 17.2 Å². The summed E-state index contributed by atoms with van der Waals surface area (Å²) in [5.41, 5.74) is -0.337. The number of rotatable bonds is 5. The number of aliphatic hydroxyl groups is 1. The number of hydrogen-bond acceptors (Lipinski definition) is 4. The predicted molar refractivity (Wildman–Crippen MR) is 74.8 cm³/mol. The molecule has 106 valence electrons. The molecule has 0 saturated carbocycles. The second-order valence-corrected chi connectivity index (χ2v) is 5.35. The van der Waals surface area contributed by atoms with Crippen molar-refractivity contribution in [1.29, 1.82) is 0 Å². The van der Waals surface area contributed by atoms with Gasteiger partial charge in [-0.3, -0.25) is 0 Å². The van der Waals surface area contributed by atoms with E-state index in [1.807, 2.05) is 20.8 Å². The summed E-state index contributed by atoms with van der Waals surface area (Å²) in [5.74, 6) is 1.99. The topological polar surface area (TPSA) is 47.9 Å². The van der Waals surface area contributed by atoms with Crippen LogP contribution in [0, 0.1) is 5.41 Å². The Hall–Kier alpha value is -1.68. The van der Waals surface area contributed by atoms with Crippen molar-refractivity contribution in [2.75, 3.05) is 14.2 Å². The van der Waals surface area contributed by atoms with Crippen molar-refractivity contribution in [1.82, 2.24) is 0 Å². The van der Waals surface area contributed by atoms with E-state index in [4.69, 9.17) is 14.2 Å². The van der Waals surface area contributed by atoms with Gasteiger partial charge in [-0.25, -0.2) is 0 Å². The van der Waals surface area contributed by atoms with Crippen LogP contribution in [-0.4, -0.2) is 25.4 Å². The van der Waals surface area contributed by atoms with Gasteiger partial charge in [0, 0.05) is 6.07 Å². The van der Waals surface area contributed by atoms with E-state index in [1.165, 1.54) is 0 Å². The summed E-state index contributed by atoms with van der Waals surface area (Å²) in [5, 5.41) is 10.1. The monoisotopic (exact) mass is 266 g/mol. The molecular formula is C15H22O4. The van der Waals surface area contributed by atoms with Crippen molar-refractivity contribution in [3.05, 3.63) is 30.5 Å². The molecule has 0 aliphatic rings. The van der Waals surface area contributed by atoms with Crippen LogP contribution in [0.2, 0.25) is 0 Å². The van der Waals surface area contributed by atoms with Crippen LogP contribution in [0.1, 0.15) is 20.8 Å². The molecule has 1 atom stereocenters. The Morgan fingerprint density at radius 1 is 1.16 bits per heavy atom. The SMILES string of the molecule is C=C(Oc1ccc(OC)cc1OC)C(O)C(C)(C)C. The standard InChI is InChI=1S/C15H22O4/c1-10(14(16)15(2,3)4)19-12-8-7-11(17-5)9-13(12)18-6/h7-9,14,16H,1H2,2-6H3. The zero-order chi connectivity index (χ0) is 14.6. The number of aliphatic hydroxyl groups excluding tert-OH is 1. The Labute approximate surface area is 114 Å². The van der Waals surface area contributed by atoms with Crippen LogP contribution in [0.15, 0.2) is 30.5 Å². The average Bonchev–Trinajstić information content (AvgIpc) is 2.37. The van der Waals surface area contributed by atoms with Gasteiger partial charge < -0.3 is 19.3 Å². The summed E-state index contributed by atoms with van der Waals surface area (Å²) >= 11 is 0. The minimum Gasteiger partial charge on any atom is -0.497 e. The van der Waals surface area contributed by atoms with Crippen LogP contribution >= 0.6 is 0 Å². The average molecular weight is 266 g/mol. The van der Waals surface area contributed by atoms with Gasteiger partial charge >= 0.3 is 0 Å². The second-order valence-electron chi connectivity index (χ2n) is 5.35. The fourth-order valence-electron chi connectivity index (χ4n) is 1.54. The second kappa shape index (κ2) is 5.97. The highest BCUT2D eigenvalue weighted by Crippen LogP contribution is 2.34. The van der Waals surface area contributed by atoms with E-state index in [1.54, 1.807) is 32.4 Å². The summed E-state index contributed by atoms with van der Waals surface area (Å²) in [6, 6.07) is 5.19. The quantitative estimate of drug-likeness (QED) is 0.832. The Kier molecular flexibility index (Phi) is 4.84. The largest absolute Gasteiger partial charge is 0.497 e. The van der Waals surface area contributed by atoms with E-state index < -0.39 is 6.10 Å². The zero-order valence-corrected chi connectivity index (χ0v) is 12.2. The normalized spacial score (nSPS) is 12.7. The number of ether oxygens (including phenoxy) is 3. The predicted octanol–water partition coefficient (Wildman–Crippen LogP) is 3.00. The lowest BCUT2D eigenvalue weighted by Gasteiger charge is -2.27. The molecule has 0 saturated heterocycles. The van der Waals surface area contributed by atoms with Gasteiger partial charge in [0.2, 0.25) is 0 Å². The molecule has 1 aromatic carbocycles. The van der Waals surface area contributed by atoms with Crippen molar-refractivity contribution >= 4 is 0 Å². The maximum Gasteiger partial charge on any atom is 0.169 e. The first-order chi connectivity index (χ1) is 8.79. The van der Waals surface area contributed by atoms with E-state index in [-0.39, 0.29) is 11.2 Å². The molecule has 1 N–H and O–H groups in total. The molecule has 0 heterocycles.